The van der Waals surface area contributed by atoms with Crippen LogP contribution in [0.1, 0.15) is 51.2 Å². The van der Waals surface area contributed by atoms with Crippen molar-refractivity contribution in [1.29, 1.82) is 0 Å². The van der Waals surface area contributed by atoms with Crippen LogP contribution in [-0.2, 0) is 21.6 Å². The van der Waals surface area contributed by atoms with Crippen molar-refractivity contribution in [2.24, 2.45) is 5.73 Å². The molecule has 0 aromatic heterocycles. The van der Waals surface area contributed by atoms with Crippen molar-refractivity contribution in [1.82, 2.24) is 5.32 Å². The molecule has 0 bridgehead atoms. The SMILES string of the molecule is CC(C)(C)c1ccc(COC(=O)NCCCCC(N)C(=O)O)cc1. The van der Waals surface area contributed by atoms with Crippen molar-refractivity contribution in [3.8, 4) is 0 Å². The summed E-state index contributed by atoms with van der Waals surface area (Å²) in [5, 5.41) is 11.3. The summed E-state index contributed by atoms with van der Waals surface area (Å²) in [4.78, 5) is 22.1. The molecular weight excluding hydrogens is 308 g/mol. The van der Waals surface area contributed by atoms with Gasteiger partial charge in [0.05, 0.1) is 0 Å². The first-order valence-electron chi connectivity index (χ1n) is 8.18. The molecule has 0 aliphatic carbocycles. The Morgan fingerprint density at radius 3 is 2.38 bits per heavy atom. The molecule has 1 unspecified atom stereocenters. The number of ether oxygens (including phenoxy) is 1. The Morgan fingerprint density at radius 1 is 1.21 bits per heavy atom. The summed E-state index contributed by atoms with van der Waals surface area (Å²) in [5.74, 6) is -1.00. The fourth-order valence-corrected chi connectivity index (χ4v) is 2.10. The topological polar surface area (TPSA) is 102 Å². The normalized spacial score (nSPS) is 12.5. The first kappa shape index (κ1) is 20.0. The van der Waals surface area contributed by atoms with Gasteiger partial charge in [-0.15, -0.1) is 0 Å². The number of alkyl carbamates (subject to hydrolysis) is 1. The number of carboxylic acid groups (broad SMARTS) is 1. The van der Waals surface area contributed by atoms with Crippen molar-refractivity contribution in [3.63, 3.8) is 0 Å². The zero-order valence-corrected chi connectivity index (χ0v) is 14.7. The van der Waals surface area contributed by atoms with Crippen LogP contribution in [0.4, 0.5) is 4.79 Å². The molecule has 0 saturated carbocycles. The molecule has 24 heavy (non-hydrogen) atoms. The minimum atomic E-state index is -1.00. The Hall–Kier alpha value is -2.08. The maximum absolute atomic E-state index is 11.6. The van der Waals surface area contributed by atoms with Crippen LogP contribution in [0.25, 0.3) is 0 Å². The second kappa shape index (κ2) is 9.27. The molecule has 0 aliphatic heterocycles. The summed E-state index contributed by atoms with van der Waals surface area (Å²) >= 11 is 0. The monoisotopic (exact) mass is 336 g/mol. The van der Waals surface area contributed by atoms with Gasteiger partial charge in [0.15, 0.2) is 0 Å². The number of hydrogen-bond donors (Lipinski definition) is 3. The van der Waals surface area contributed by atoms with Gasteiger partial charge in [0.2, 0.25) is 0 Å². The van der Waals surface area contributed by atoms with E-state index in [2.05, 4.69) is 26.1 Å². The van der Waals surface area contributed by atoms with Gasteiger partial charge in [-0.1, -0.05) is 45.0 Å². The number of carbonyl (C=O) groups excluding carboxylic acids is 1. The van der Waals surface area contributed by atoms with Crippen LogP contribution in [0.3, 0.4) is 0 Å². The zero-order chi connectivity index (χ0) is 18.2. The lowest BCUT2D eigenvalue weighted by Gasteiger charge is -2.19. The Balaban J connectivity index is 2.21. The molecule has 4 N–H and O–H groups in total. The average molecular weight is 336 g/mol. The van der Waals surface area contributed by atoms with E-state index >= 15 is 0 Å². The third kappa shape index (κ3) is 7.46. The maximum atomic E-state index is 11.6. The minimum Gasteiger partial charge on any atom is -0.480 e. The lowest BCUT2D eigenvalue weighted by atomic mass is 9.87. The Bertz CT molecular complexity index is 535. The fourth-order valence-electron chi connectivity index (χ4n) is 2.10. The summed E-state index contributed by atoms with van der Waals surface area (Å²) in [7, 11) is 0. The summed E-state index contributed by atoms with van der Waals surface area (Å²) in [6.07, 6.45) is 1.22. The molecule has 0 spiro atoms. The number of nitrogens with one attached hydrogen (secondary N) is 1. The fraction of sp³-hybridized carbons (Fsp3) is 0.556. The van der Waals surface area contributed by atoms with Crippen molar-refractivity contribution >= 4 is 12.1 Å². The molecule has 1 aromatic rings. The smallest absolute Gasteiger partial charge is 0.407 e. The summed E-state index contributed by atoms with van der Waals surface area (Å²) in [6.45, 7) is 7.11. The van der Waals surface area contributed by atoms with E-state index in [9.17, 15) is 9.59 Å². The third-order valence-corrected chi connectivity index (χ3v) is 3.72. The van der Waals surface area contributed by atoms with E-state index in [0.29, 0.717) is 25.8 Å². The predicted molar refractivity (Wildman–Crippen MR) is 92.8 cm³/mol. The highest BCUT2D eigenvalue weighted by atomic mass is 16.5. The van der Waals surface area contributed by atoms with Crippen LogP contribution < -0.4 is 11.1 Å². The van der Waals surface area contributed by atoms with E-state index in [4.69, 9.17) is 15.6 Å². The highest BCUT2D eigenvalue weighted by molar-refractivity contribution is 5.72. The van der Waals surface area contributed by atoms with Crippen LogP contribution in [-0.4, -0.2) is 29.8 Å². The van der Waals surface area contributed by atoms with E-state index in [1.165, 1.54) is 5.56 Å². The highest BCUT2D eigenvalue weighted by Crippen LogP contribution is 2.22. The lowest BCUT2D eigenvalue weighted by molar-refractivity contribution is -0.138. The van der Waals surface area contributed by atoms with Gasteiger partial charge >= 0.3 is 12.1 Å². The van der Waals surface area contributed by atoms with Crippen molar-refractivity contribution in [2.75, 3.05) is 6.54 Å². The number of aliphatic carboxylic acids is 1. The zero-order valence-electron chi connectivity index (χ0n) is 14.7. The third-order valence-electron chi connectivity index (χ3n) is 3.72. The van der Waals surface area contributed by atoms with Gasteiger partial charge < -0.3 is 20.9 Å². The quantitative estimate of drug-likeness (QED) is 0.634. The molecule has 1 atom stereocenters. The number of amides is 1. The predicted octanol–water partition coefficient (Wildman–Crippen LogP) is 2.79. The molecule has 6 heteroatoms. The van der Waals surface area contributed by atoms with E-state index in [1.54, 1.807) is 0 Å². The Morgan fingerprint density at radius 2 is 1.83 bits per heavy atom. The van der Waals surface area contributed by atoms with Crippen molar-refractivity contribution in [2.45, 2.75) is 58.1 Å². The number of nitrogens with two attached hydrogens (primary N) is 1. The standard InChI is InChI=1S/C18H28N2O4/c1-18(2,3)14-9-7-13(8-10-14)12-24-17(23)20-11-5-4-6-15(19)16(21)22/h7-10,15H,4-6,11-12,19H2,1-3H3,(H,20,23)(H,21,22). The van der Waals surface area contributed by atoms with Crippen molar-refractivity contribution < 1.29 is 19.4 Å². The van der Waals surface area contributed by atoms with E-state index in [1.807, 2.05) is 24.3 Å². The summed E-state index contributed by atoms with van der Waals surface area (Å²) < 4.78 is 5.15. The van der Waals surface area contributed by atoms with Crippen LogP contribution >= 0.6 is 0 Å². The van der Waals surface area contributed by atoms with Gasteiger partial charge in [-0.05, 0) is 35.8 Å². The number of benzene rings is 1. The lowest BCUT2D eigenvalue weighted by Crippen LogP contribution is -2.30. The van der Waals surface area contributed by atoms with Gasteiger partial charge in [-0.25, -0.2) is 4.79 Å². The summed E-state index contributed by atoms with van der Waals surface area (Å²) in [6, 6.07) is 7.17. The van der Waals surface area contributed by atoms with Gasteiger partial charge in [0, 0.05) is 6.54 Å². The molecule has 1 aromatic carbocycles. The van der Waals surface area contributed by atoms with Crippen molar-refractivity contribution in [3.05, 3.63) is 35.4 Å². The number of hydrogen-bond acceptors (Lipinski definition) is 4. The molecule has 1 amide bonds. The molecule has 0 heterocycles. The molecule has 6 nitrogen and oxygen atoms in total. The molecule has 134 valence electrons. The number of unbranched alkanes of at least 4 members (excludes halogenated alkanes) is 1. The number of carboxylic acids is 1. The van der Waals surface area contributed by atoms with Gasteiger partial charge in [-0.3, -0.25) is 4.79 Å². The summed E-state index contributed by atoms with van der Waals surface area (Å²) in [5.41, 5.74) is 7.66. The first-order valence-corrected chi connectivity index (χ1v) is 8.18. The van der Waals surface area contributed by atoms with E-state index < -0.39 is 18.1 Å². The molecular formula is C18H28N2O4. The largest absolute Gasteiger partial charge is 0.480 e. The Kier molecular flexibility index (Phi) is 7.71. The second-order valence-electron chi connectivity index (χ2n) is 6.89. The number of rotatable bonds is 8. The minimum absolute atomic E-state index is 0.0972. The second-order valence-corrected chi connectivity index (χ2v) is 6.89. The van der Waals surface area contributed by atoms with Crippen LogP contribution in [0.2, 0.25) is 0 Å². The maximum Gasteiger partial charge on any atom is 0.407 e. The average Bonchev–Trinajstić information content (AvgIpc) is 2.51. The van der Waals surface area contributed by atoms with Gasteiger partial charge in [-0.2, -0.15) is 0 Å². The highest BCUT2D eigenvalue weighted by Gasteiger charge is 2.13. The Labute approximate surface area is 143 Å². The van der Waals surface area contributed by atoms with E-state index in [-0.39, 0.29) is 12.0 Å². The van der Waals surface area contributed by atoms with E-state index in [0.717, 1.165) is 5.56 Å². The van der Waals surface area contributed by atoms with Crippen LogP contribution in [0, 0.1) is 0 Å². The van der Waals surface area contributed by atoms with Gasteiger partial charge in [0.25, 0.3) is 0 Å². The molecule has 0 fully saturated rings. The first-order chi connectivity index (χ1) is 11.2. The molecule has 0 aliphatic rings. The van der Waals surface area contributed by atoms with Crippen LogP contribution in [0.5, 0.6) is 0 Å². The van der Waals surface area contributed by atoms with Gasteiger partial charge in [0.1, 0.15) is 12.6 Å². The molecule has 1 rings (SSSR count). The molecule has 0 saturated heterocycles. The number of carbonyl (C=O) groups is 2. The van der Waals surface area contributed by atoms with Crippen LogP contribution in [0.15, 0.2) is 24.3 Å². The molecule has 0 radical (unpaired) electrons.